The van der Waals surface area contributed by atoms with Gasteiger partial charge in [0.05, 0.1) is 5.39 Å². The Bertz CT molecular complexity index is 577. The van der Waals surface area contributed by atoms with Gasteiger partial charge in [-0.1, -0.05) is 25.1 Å². The number of anilines is 1. The van der Waals surface area contributed by atoms with E-state index in [1.807, 2.05) is 11.3 Å². The molecule has 2 heterocycles. The van der Waals surface area contributed by atoms with Gasteiger partial charge in [0.25, 0.3) is 0 Å². The average Bonchev–Trinajstić information content (AvgIpc) is 2.53. The van der Waals surface area contributed by atoms with E-state index in [0.29, 0.717) is 5.82 Å². The Balaban J connectivity index is 2.16. The van der Waals surface area contributed by atoms with Crippen molar-refractivity contribution in [2.24, 2.45) is 0 Å². The monoisotopic (exact) mass is 279 g/mol. The maximum Gasteiger partial charge on any atom is 0.190 e. The highest BCUT2D eigenvalue weighted by Gasteiger charge is 2.19. The van der Waals surface area contributed by atoms with Gasteiger partial charge in [0, 0.05) is 4.88 Å². The van der Waals surface area contributed by atoms with Crippen molar-refractivity contribution >= 4 is 39.1 Å². The maximum atomic E-state index is 6.15. The minimum Gasteiger partial charge on any atom is -0.383 e. The molecule has 0 aliphatic heterocycles. The fraction of sp³-hybridized carbons (Fsp3) is 0.538. The van der Waals surface area contributed by atoms with Crippen LogP contribution in [0, 0.1) is 0 Å². The van der Waals surface area contributed by atoms with E-state index in [0.717, 1.165) is 27.5 Å². The molecule has 0 saturated heterocycles. The second-order valence-corrected chi connectivity index (χ2v) is 6.88. The van der Waals surface area contributed by atoms with E-state index in [2.05, 4.69) is 16.9 Å². The van der Waals surface area contributed by atoms with Gasteiger partial charge in [-0.25, -0.2) is 9.97 Å². The summed E-state index contributed by atoms with van der Waals surface area (Å²) < 4.78 is 0. The Morgan fingerprint density at radius 2 is 2.06 bits per heavy atom. The van der Waals surface area contributed by atoms with Crippen LogP contribution in [0.2, 0.25) is 0 Å². The van der Waals surface area contributed by atoms with E-state index in [-0.39, 0.29) is 0 Å². The summed E-state index contributed by atoms with van der Waals surface area (Å²) in [5.41, 5.74) is 7.58. The Kier molecular flexibility index (Phi) is 3.43. The largest absolute Gasteiger partial charge is 0.383 e. The molecule has 0 unspecified atom stereocenters. The number of aryl methyl sites for hydroxylation is 2. The van der Waals surface area contributed by atoms with Crippen molar-refractivity contribution < 1.29 is 0 Å². The zero-order chi connectivity index (χ0) is 12.5. The molecule has 2 aromatic rings. The van der Waals surface area contributed by atoms with Crippen LogP contribution < -0.4 is 5.73 Å². The molecule has 0 amide bonds. The number of nitrogens with zero attached hydrogens (tertiary/aromatic N) is 2. The van der Waals surface area contributed by atoms with Gasteiger partial charge in [-0.3, -0.25) is 0 Å². The topological polar surface area (TPSA) is 51.8 Å². The predicted octanol–water partition coefficient (Wildman–Crippen LogP) is 3.65. The molecule has 3 rings (SSSR count). The standard InChI is InChI=1S/C13H17N3S2/c1-2-17-13-15-11(14)10-8-6-4-3-5-7-9(8)18-12(10)16-13/h2-7H2,1H3,(H2,14,15,16). The third-order valence-corrected chi connectivity index (χ3v) is 5.26. The normalized spacial score (nSPS) is 15.6. The zero-order valence-electron chi connectivity index (χ0n) is 10.5. The highest BCUT2D eigenvalue weighted by atomic mass is 32.2. The molecule has 2 N–H and O–H groups in total. The van der Waals surface area contributed by atoms with Crippen LogP contribution in [0.1, 0.15) is 36.6 Å². The van der Waals surface area contributed by atoms with Crippen LogP contribution in [-0.2, 0) is 12.8 Å². The number of hydrogen-bond donors (Lipinski definition) is 1. The quantitative estimate of drug-likeness (QED) is 0.518. The molecule has 0 atom stereocenters. The first-order chi connectivity index (χ1) is 8.79. The number of aromatic nitrogens is 2. The second kappa shape index (κ2) is 5.05. The van der Waals surface area contributed by atoms with Crippen LogP contribution in [0.15, 0.2) is 5.16 Å². The van der Waals surface area contributed by atoms with Gasteiger partial charge in [0.15, 0.2) is 5.16 Å². The summed E-state index contributed by atoms with van der Waals surface area (Å²) >= 11 is 3.48. The van der Waals surface area contributed by atoms with Gasteiger partial charge < -0.3 is 5.73 Å². The average molecular weight is 279 g/mol. The number of fused-ring (bicyclic) bond motifs is 3. The molecule has 0 spiro atoms. The van der Waals surface area contributed by atoms with Crippen molar-refractivity contribution in [3.05, 3.63) is 10.4 Å². The highest BCUT2D eigenvalue weighted by molar-refractivity contribution is 7.99. The summed E-state index contributed by atoms with van der Waals surface area (Å²) in [5, 5.41) is 1.95. The van der Waals surface area contributed by atoms with E-state index in [4.69, 9.17) is 5.73 Å². The third-order valence-electron chi connectivity index (χ3n) is 3.35. The number of hydrogen-bond acceptors (Lipinski definition) is 5. The Morgan fingerprint density at radius 1 is 1.22 bits per heavy atom. The van der Waals surface area contributed by atoms with Crippen LogP contribution in [0.25, 0.3) is 10.2 Å². The molecule has 0 fully saturated rings. The van der Waals surface area contributed by atoms with E-state index >= 15 is 0 Å². The van der Waals surface area contributed by atoms with Crippen molar-refractivity contribution in [2.45, 2.75) is 44.2 Å². The first kappa shape index (κ1) is 12.2. The molecule has 5 heteroatoms. The number of thiophene rings is 1. The van der Waals surface area contributed by atoms with Crippen molar-refractivity contribution in [1.29, 1.82) is 0 Å². The second-order valence-electron chi connectivity index (χ2n) is 4.57. The number of thioether (sulfide) groups is 1. The lowest BCUT2D eigenvalue weighted by Crippen LogP contribution is -1.97. The van der Waals surface area contributed by atoms with Gasteiger partial charge in [-0.15, -0.1) is 11.3 Å². The molecule has 3 nitrogen and oxygen atoms in total. The van der Waals surface area contributed by atoms with E-state index < -0.39 is 0 Å². The summed E-state index contributed by atoms with van der Waals surface area (Å²) in [6, 6.07) is 0. The summed E-state index contributed by atoms with van der Waals surface area (Å²) in [5.74, 6) is 1.66. The summed E-state index contributed by atoms with van der Waals surface area (Å²) in [4.78, 5) is 11.7. The van der Waals surface area contributed by atoms with Crippen LogP contribution in [0.5, 0.6) is 0 Å². The summed E-state index contributed by atoms with van der Waals surface area (Å²) in [6.07, 6.45) is 6.22. The van der Waals surface area contributed by atoms with Gasteiger partial charge >= 0.3 is 0 Å². The SMILES string of the molecule is CCSc1nc(N)c2c3c(sc2n1)CCCCC3. The molecule has 0 aromatic carbocycles. The minimum atomic E-state index is 0.676. The van der Waals surface area contributed by atoms with Crippen LogP contribution in [-0.4, -0.2) is 15.7 Å². The molecule has 96 valence electrons. The number of nitrogen functional groups attached to an aromatic ring is 1. The molecule has 1 aliphatic carbocycles. The lowest BCUT2D eigenvalue weighted by atomic mass is 10.1. The molecule has 0 saturated carbocycles. The Morgan fingerprint density at radius 3 is 2.89 bits per heavy atom. The molecule has 0 radical (unpaired) electrons. The smallest absolute Gasteiger partial charge is 0.190 e. The van der Waals surface area contributed by atoms with Gasteiger partial charge in [0.2, 0.25) is 0 Å². The fourth-order valence-corrected chi connectivity index (χ4v) is 4.44. The van der Waals surface area contributed by atoms with Crippen molar-refractivity contribution in [3.63, 3.8) is 0 Å². The van der Waals surface area contributed by atoms with Crippen molar-refractivity contribution in [3.8, 4) is 0 Å². The molecule has 1 aliphatic rings. The summed E-state index contributed by atoms with van der Waals surface area (Å²) in [7, 11) is 0. The van der Waals surface area contributed by atoms with Gasteiger partial charge in [0.1, 0.15) is 10.6 Å². The molecule has 0 bridgehead atoms. The van der Waals surface area contributed by atoms with Crippen LogP contribution >= 0.6 is 23.1 Å². The van der Waals surface area contributed by atoms with Crippen LogP contribution in [0.3, 0.4) is 0 Å². The lowest BCUT2D eigenvalue weighted by Gasteiger charge is -2.03. The molecule has 18 heavy (non-hydrogen) atoms. The summed E-state index contributed by atoms with van der Waals surface area (Å²) in [6.45, 7) is 2.11. The van der Waals surface area contributed by atoms with Crippen molar-refractivity contribution in [1.82, 2.24) is 9.97 Å². The number of nitrogens with two attached hydrogens (primary N) is 1. The Labute approximate surface area is 115 Å². The first-order valence-corrected chi connectivity index (χ1v) is 8.30. The molecular formula is C13H17N3S2. The molecular weight excluding hydrogens is 262 g/mol. The minimum absolute atomic E-state index is 0.676. The third kappa shape index (κ3) is 2.10. The first-order valence-electron chi connectivity index (χ1n) is 6.50. The fourth-order valence-electron chi connectivity index (χ4n) is 2.54. The highest BCUT2D eigenvalue weighted by Crippen LogP contribution is 2.37. The molecule has 2 aromatic heterocycles. The van der Waals surface area contributed by atoms with Crippen molar-refractivity contribution in [2.75, 3.05) is 11.5 Å². The maximum absolute atomic E-state index is 6.15. The Hall–Kier alpha value is -0.810. The zero-order valence-corrected chi connectivity index (χ0v) is 12.2. The number of rotatable bonds is 2. The van der Waals surface area contributed by atoms with E-state index in [1.165, 1.54) is 36.1 Å². The lowest BCUT2D eigenvalue weighted by molar-refractivity contribution is 0.713. The van der Waals surface area contributed by atoms with Gasteiger partial charge in [-0.05, 0) is 37.0 Å². The predicted molar refractivity (Wildman–Crippen MR) is 79.5 cm³/mol. The van der Waals surface area contributed by atoms with Crippen LogP contribution in [0.4, 0.5) is 5.82 Å². The van der Waals surface area contributed by atoms with E-state index in [9.17, 15) is 0 Å². The van der Waals surface area contributed by atoms with E-state index in [1.54, 1.807) is 11.8 Å². The van der Waals surface area contributed by atoms with Gasteiger partial charge in [-0.2, -0.15) is 0 Å².